The number of aryl methyl sites for hydroxylation is 1. The molecule has 1 atom stereocenters. The summed E-state index contributed by atoms with van der Waals surface area (Å²) in [6.45, 7) is 3.41. The van der Waals surface area contributed by atoms with Gasteiger partial charge in [-0.2, -0.15) is 5.10 Å². The first-order valence-corrected chi connectivity index (χ1v) is 8.82. The Morgan fingerprint density at radius 3 is 2.84 bits per heavy atom. The number of amides is 1. The van der Waals surface area contributed by atoms with Crippen LogP contribution in [0.15, 0.2) is 36.7 Å². The predicted octanol–water partition coefficient (Wildman–Crippen LogP) is 1.06. The van der Waals surface area contributed by atoms with Gasteiger partial charge in [0.05, 0.1) is 23.9 Å². The minimum Gasteiger partial charge on any atom is -0.387 e. The Kier molecular flexibility index (Phi) is 4.09. The molecule has 1 aromatic carbocycles. The van der Waals surface area contributed by atoms with Crippen LogP contribution in [0.1, 0.15) is 27.9 Å². The number of carbonyl (C=O) groups excluding carboxylic acids is 1. The number of aromatic nitrogens is 2. The quantitative estimate of drug-likeness (QED) is 0.907. The summed E-state index contributed by atoms with van der Waals surface area (Å²) in [7, 11) is 1.80. The second-order valence-corrected chi connectivity index (χ2v) is 7.33. The monoisotopic (exact) mass is 340 g/mol. The zero-order valence-electron chi connectivity index (χ0n) is 14.6. The summed E-state index contributed by atoms with van der Waals surface area (Å²) in [6.07, 6.45) is 4.95. The van der Waals surface area contributed by atoms with Crippen LogP contribution in [0.5, 0.6) is 0 Å². The van der Waals surface area contributed by atoms with Gasteiger partial charge < -0.3 is 10.0 Å². The van der Waals surface area contributed by atoms with Gasteiger partial charge in [-0.1, -0.05) is 24.3 Å². The number of hydrogen-bond donors (Lipinski definition) is 1. The van der Waals surface area contributed by atoms with Crippen molar-refractivity contribution in [2.24, 2.45) is 7.05 Å². The largest absolute Gasteiger partial charge is 0.387 e. The second-order valence-electron chi connectivity index (χ2n) is 7.33. The highest BCUT2D eigenvalue weighted by molar-refractivity contribution is 5.94. The molecular weight excluding hydrogens is 316 g/mol. The number of rotatable bonds is 3. The lowest BCUT2D eigenvalue weighted by molar-refractivity contribution is 0.00805. The van der Waals surface area contributed by atoms with E-state index in [2.05, 4.69) is 34.3 Å². The van der Waals surface area contributed by atoms with Crippen molar-refractivity contribution in [3.8, 4) is 0 Å². The van der Waals surface area contributed by atoms with Gasteiger partial charge in [0.2, 0.25) is 0 Å². The van der Waals surface area contributed by atoms with Gasteiger partial charge in [-0.3, -0.25) is 14.4 Å². The number of aliphatic hydroxyl groups is 1. The zero-order chi connectivity index (χ0) is 17.4. The van der Waals surface area contributed by atoms with Gasteiger partial charge in [0.15, 0.2) is 0 Å². The molecule has 1 aromatic heterocycles. The number of benzene rings is 1. The molecule has 132 valence electrons. The topological polar surface area (TPSA) is 61.6 Å². The average Bonchev–Trinajstić information content (AvgIpc) is 3.20. The van der Waals surface area contributed by atoms with Crippen LogP contribution >= 0.6 is 0 Å². The number of likely N-dealkylation sites (tertiary alicyclic amines) is 1. The second kappa shape index (κ2) is 6.28. The van der Waals surface area contributed by atoms with E-state index in [1.165, 1.54) is 11.1 Å². The molecule has 0 radical (unpaired) electrons. The Balaban J connectivity index is 1.39. The molecule has 1 amide bonds. The molecule has 6 nitrogen and oxygen atoms in total. The van der Waals surface area contributed by atoms with Gasteiger partial charge >= 0.3 is 0 Å². The molecule has 2 aliphatic heterocycles. The number of β-amino-alcohol motifs (C(OH)–C–C–N with tert-alkyl or cyclic N) is 1. The molecule has 1 fully saturated rings. The third-order valence-corrected chi connectivity index (χ3v) is 5.30. The Labute approximate surface area is 147 Å². The molecule has 3 heterocycles. The fourth-order valence-corrected chi connectivity index (χ4v) is 3.98. The molecule has 1 saturated heterocycles. The number of hydrogen-bond acceptors (Lipinski definition) is 4. The van der Waals surface area contributed by atoms with E-state index < -0.39 is 5.60 Å². The molecule has 1 unspecified atom stereocenters. The number of nitrogens with zero attached hydrogens (tertiary/aromatic N) is 4. The van der Waals surface area contributed by atoms with Crippen LogP contribution < -0.4 is 0 Å². The van der Waals surface area contributed by atoms with Crippen molar-refractivity contribution in [1.29, 1.82) is 0 Å². The fraction of sp³-hybridized carbons (Fsp3) is 0.474. The number of fused-ring (bicyclic) bond motifs is 1. The van der Waals surface area contributed by atoms with E-state index in [1.807, 2.05) is 0 Å². The fourth-order valence-electron chi connectivity index (χ4n) is 3.98. The molecular formula is C19H24N4O2. The first-order chi connectivity index (χ1) is 12.0. The third kappa shape index (κ3) is 3.32. The molecule has 1 N–H and O–H groups in total. The molecule has 0 saturated carbocycles. The molecule has 2 aromatic rings. The van der Waals surface area contributed by atoms with Gasteiger partial charge in [-0.15, -0.1) is 0 Å². The van der Waals surface area contributed by atoms with Crippen LogP contribution in [0.3, 0.4) is 0 Å². The maximum Gasteiger partial charge on any atom is 0.257 e. The van der Waals surface area contributed by atoms with Gasteiger partial charge in [0.25, 0.3) is 5.91 Å². The summed E-state index contributed by atoms with van der Waals surface area (Å²) in [6, 6.07) is 8.51. The summed E-state index contributed by atoms with van der Waals surface area (Å²) in [5.74, 6) is -0.0481. The van der Waals surface area contributed by atoms with Gasteiger partial charge in [0, 0.05) is 39.4 Å². The highest BCUT2D eigenvalue weighted by Crippen LogP contribution is 2.27. The maximum absolute atomic E-state index is 12.6. The van der Waals surface area contributed by atoms with Gasteiger partial charge in [0.1, 0.15) is 0 Å². The van der Waals surface area contributed by atoms with E-state index in [0.717, 1.165) is 19.5 Å². The molecule has 25 heavy (non-hydrogen) atoms. The summed E-state index contributed by atoms with van der Waals surface area (Å²) in [4.78, 5) is 16.6. The Morgan fingerprint density at radius 2 is 2.08 bits per heavy atom. The highest BCUT2D eigenvalue weighted by Gasteiger charge is 2.40. The molecule has 6 heteroatoms. The Bertz CT molecular complexity index is 787. The summed E-state index contributed by atoms with van der Waals surface area (Å²) >= 11 is 0. The molecule has 2 aliphatic rings. The first-order valence-electron chi connectivity index (χ1n) is 8.82. The van der Waals surface area contributed by atoms with E-state index in [1.54, 1.807) is 29.0 Å². The van der Waals surface area contributed by atoms with Crippen LogP contribution in [0, 0.1) is 0 Å². The normalized spacial score (nSPS) is 23.7. The lowest BCUT2D eigenvalue weighted by Gasteiger charge is -2.34. The van der Waals surface area contributed by atoms with Crippen molar-refractivity contribution in [1.82, 2.24) is 19.6 Å². The Morgan fingerprint density at radius 1 is 1.28 bits per heavy atom. The summed E-state index contributed by atoms with van der Waals surface area (Å²) in [5.41, 5.74) is 2.51. The molecule has 0 aliphatic carbocycles. The Hall–Kier alpha value is -2.18. The third-order valence-electron chi connectivity index (χ3n) is 5.30. The van der Waals surface area contributed by atoms with Crippen molar-refractivity contribution in [2.45, 2.75) is 25.0 Å². The van der Waals surface area contributed by atoms with E-state index in [0.29, 0.717) is 31.6 Å². The highest BCUT2D eigenvalue weighted by atomic mass is 16.3. The average molecular weight is 340 g/mol. The van der Waals surface area contributed by atoms with E-state index in [4.69, 9.17) is 0 Å². The lowest BCUT2D eigenvalue weighted by atomic mass is 9.97. The van der Waals surface area contributed by atoms with Crippen molar-refractivity contribution in [3.05, 3.63) is 53.3 Å². The van der Waals surface area contributed by atoms with Gasteiger partial charge in [-0.25, -0.2) is 0 Å². The molecule has 4 rings (SSSR count). The zero-order valence-corrected chi connectivity index (χ0v) is 14.6. The van der Waals surface area contributed by atoms with Crippen LogP contribution in [0.2, 0.25) is 0 Å². The smallest absolute Gasteiger partial charge is 0.257 e. The maximum atomic E-state index is 12.6. The van der Waals surface area contributed by atoms with Crippen LogP contribution in [0.25, 0.3) is 0 Å². The molecule has 0 spiro atoms. The van der Waals surface area contributed by atoms with Crippen LogP contribution in [-0.4, -0.2) is 62.4 Å². The minimum atomic E-state index is -0.829. The summed E-state index contributed by atoms with van der Waals surface area (Å²) < 4.78 is 1.63. The van der Waals surface area contributed by atoms with Crippen molar-refractivity contribution in [2.75, 3.05) is 26.2 Å². The van der Waals surface area contributed by atoms with Crippen molar-refractivity contribution in [3.63, 3.8) is 0 Å². The van der Waals surface area contributed by atoms with E-state index in [9.17, 15) is 9.90 Å². The lowest BCUT2D eigenvalue weighted by Crippen LogP contribution is -2.47. The van der Waals surface area contributed by atoms with Crippen LogP contribution in [0.4, 0.5) is 0 Å². The molecule has 0 bridgehead atoms. The van der Waals surface area contributed by atoms with Crippen molar-refractivity contribution >= 4 is 5.91 Å². The number of carbonyl (C=O) groups is 1. The van der Waals surface area contributed by atoms with Crippen molar-refractivity contribution < 1.29 is 9.90 Å². The SMILES string of the molecule is Cn1cc(C(=O)N2CCC(O)(CN3CCc4ccccc4C3)C2)cn1. The van der Waals surface area contributed by atoms with Gasteiger partial charge in [-0.05, 0) is 24.0 Å². The predicted molar refractivity (Wildman–Crippen MR) is 94.1 cm³/mol. The summed E-state index contributed by atoms with van der Waals surface area (Å²) in [5, 5.41) is 15.1. The minimum absolute atomic E-state index is 0.0481. The van der Waals surface area contributed by atoms with E-state index in [-0.39, 0.29) is 5.91 Å². The van der Waals surface area contributed by atoms with E-state index >= 15 is 0 Å². The first kappa shape index (κ1) is 16.3. The standard InChI is InChI=1S/C19H24N4O2/c1-21-11-17(10-20-21)18(24)23-9-7-19(25,14-23)13-22-8-6-15-4-2-3-5-16(15)12-22/h2-5,10-11,25H,6-9,12-14H2,1H3. The van der Waals surface area contributed by atoms with Crippen LogP contribution in [-0.2, 0) is 20.0 Å².